The van der Waals surface area contributed by atoms with Crippen LogP contribution in [0.25, 0.3) is 0 Å². The number of thioether (sulfide) groups is 1. The van der Waals surface area contributed by atoms with Crippen molar-refractivity contribution in [1.82, 2.24) is 4.98 Å². The molecule has 1 aliphatic rings. The number of fused-ring (bicyclic) bond motifs is 1. The van der Waals surface area contributed by atoms with Gasteiger partial charge < -0.3 is 4.74 Å². The number of pyridine rings is 1. The Morgan fingerprint density at radius 2 is 1.93 bits per heavy atom. The first-order valence-electron chi connectivity index (χ1n) is 10.6. The van der Waals surface area contributed by atoms with Crippen LogP contribution >= 0.6 is 11.8 Å². The van der Waals surface area contributed by atoms with Crippen LogP contribution in [0, 0.1) is 11.8 Å². The highest BCUT2D eigenvalue weighted by atomic mass is 32.2. The van der Waals surface area contributed by atoms with Gasteiger partial charge in [-0.25, -0.2) is 4.98 Å². The third-order valence-corrected chi connectivity index (χ3v) is 6.63. The average molecular weight is 422 g/mol. The fraction of sp³-hybridized carbons (Fsp3) is 0.462. The summed E-state index contributed by atoms with van der Waals surface area (Å²) < 4.78 is 5.27. The minimum absolute atomic E-state index is 0.116. The smallest absolute Gasteiger partial charge is 0.310 e. The second-order valence-electron chi connectivity index (χ2n) is 9.06. The predicted octanol–water partition coefficient (Wildman–Crippen LogP) is 5.70. The quantitative estimate of drug-likeness (QED) is 0.469. The Morgan fingerprint density at radius 1 is 1.17 bits per heavy atom. The molecule has 158 valence electrons. The van der Waals surface area contributed by atoms with Crippen molar-refractivity contribution in [1.29, 1.82) is 0 Å². The van der Waals surface area contributed by atoms with Gasteiger partial charge in [0.1, 0.15) is 5.69 Å². The van der Waals surface area contributed by atoms with E-state index in [-0.39, 0.29) is 22.6 Å². The number of nitrogens with zero attached hydrogens (tertiary/aromatic N) is 1. The van der Waals surface area contributed by atoms with Crippen LogP contribution < -0.4 is 0 Å². The maximum atomic E-state index is 11.7. The molecule has 0 saturated carbocycles. The molecule has 1 aromatic carbocycles. The molecule has 3 nitrogen and oxygen atoms in total. The summed E-state index contributed by atoms with van der Waals surface area (Å²) in [5.74, 6) is 6.34. The number of esters is 1. The molecule has 30 heavy (non-hydrogen) atoms. The van der Waals surface area contributed by atoms with Crippen molar-refractivity contribution in [2.24, 2.45) is 0 Å². The van der Waals surface area contributed by atoms with Crippen molar-refractivity contribution >= 4 is 17.7 Å². The summed E-state index contributed by atoms with van der Waals surface area (Å²) >= 11 is 1.98. The van der Waals surface area contributed by atoms with Crippen molar-refractivity contribution in [3.63, 3.8) is 0 Å². The van der Waals surface area contributed by atoms with Crippen LogP contribution in [0.1, 0.15) is 75.9 Å². The molecule has 0 spiro atoms. The van der Waals surface area contributed by atoms with Crippen molar-refractivity contribution in [3.8, 4) is 11.8 Å². The lowest BCUT2D eigenvalue weighted by Gasteiger charge is -2.42. The van der Waals surface area contributed by atoms with E-state index in [0.717, 1.165) is 24.0 Å². The fourth-order valence-electron chi connectivity index (χ4n) is 4.30. The van der Waals surface area contributed by atoms with E-state index >= 15 is 0 Å². The summed E-state index contributed by atoms with van der Waals surface area (Å²) in [7, 11) is 0. The van der Waals surface area contributed by atoms with Gasteiger partial charge in [-0.15, -0.1) is 11.8 Å². The van der Waals surface area contributed by atoms with Gasteiger partial charge in [-0.3, -0.25) is 4.79 Å². The van der Waals surface area contributed by atoms with E-state index < -0.39 is 0 Å². The van der Waals surface area contributed by atoms with E-state index in [4.69, 9.17) is 4.74 Å². The number of ether oxygens (including phenoxy) is 1. The lowest BCUT2D eigenvalue weighted by atomic mass is 9.76. The minimum Gasteiger partial charge on any atom is -0.466 e. The molecule has 3 rings (SSSR count). The van der Waals surface area contributed by atoms with E-state index in [1.165, 1.54) is 16.0 Å². The zero-order chi connectivity index (χ0) is 21.9. The Balaban J connectivity index is 1.94. The number of rotatable bonds is 4. The first kappa shape index (κ1) is 22.4. The third kappa shape index (κ3) is 5.26. The zero-order valence-corrected chi connectivity index (χ0v) is 19.7. The van der Waals surface area contributed by atoms with E-state index in [1.54, 1.807) is 6.20 Å². The van der Waals surface area contributed by atoms with Crippen LogP contribution in [0.5, 0.6) is 0 Å². The average Bonchev–Trinajstić information content (AvgIpc) is 2.65. The minimum atomic E-state index is -0.228. The highest BCUT2D eigenvalue weighted by molar-refractivity contribution is 8.00. The number of aryl methyl sites for hydroxylation is 1. The van der Waals surface area contributed by atoms with Crippen LogP contribution in [0.3, 0.4) is 0 Å². The largest absolute Gasteiger partial charge is 0.466 e. The van der Waals surface area contributed by atoms with Gasteiger partial charge in [0.05, 0.1) is 13.0 Å². The molecule has 1 aliphatic heterocycles. The number of benzene rings is 1. The molecule has 0 atom stereocenters. The van der Waals surface area contributed by atoms with E-state index in [1.807, 2.05) is 30.8 Å². The van der Waals surface area contributed by atoms with Crippen molar-refractivity contribution in [2.75, 3.05) is 6.61 Å². The summed E-state index contributed by atoms with van der Waals surface area (Å²) in [4.78, 5) is 17.5. The van der Waals surface area contributed by atoms with Crippen LogP contribution in [0.2, 0.25) is 0 Å². The normalized spacial score (nSPS) is 16.2. The molecule has 0 aliphatic carbocycles. The Hall–Kier alpha value is -2.25. The maximum absolute atomic E-state index is 11.7. The van der Waals surface area contributed by atoms with Crippen molar-refractivity contribution in [3.05, 3.63) is 58.4 Å². The van der Waals surface area contributed by atoms with Gasteiger partial charge in [0.15, 0.2) is 0 Å². The van der Waals surface area contributed by atoms with Crippen LogP contribution in [-0.2, 0) is 27.8 Å². The van der Waals surface area contributed by atoms with Gasteiger partial charge in [0.25, 0.3) is 0 Å². The maximum Gasteiger partial charge on any atom is 0.310 e. The highest BCUT2D eigenvalue weighted by Gasteiger charge is 2.38. The third-order valence-electron chi connectivity index (χ3n) is 5.37. The molecular formula is C26H31NO2S. The molecule has 0 fully saturated rings. The number of aromatic nitrogens is 1. The molecular weight excluding hydrogens is 390 g/mol. The first-order valence-corrected chi connectivity index (χ1v) is 11.4. The number of carbonyl (C=O) groups excluding carboxylic acids is 1. The molecule has 0 amide bonds. The molecule has 0 radical (unpaired) electrons. The molecule has 0 saturated heterocycles. The van der Waals surface area contributed by atoms with E-state index in [9.17, 15) is 4.79 Å². The molecule has 0 unspecified atom stereocenters. The van der Waals surface area contributed by atoms with Crippen LogP contribution in [-0.4, -0.2) is 22.3 Å². The number of hydrogen-bond donors (Lipinski definition) is 0. The Morgan fingerprint density at radius 3 is 2.63 bits per heavy atom. The van der Waals surface area contributed by atoms with Gasteiger partial charge >= 0.3 is 5.97 Å². The van der Waals surface area contributed by atoms with Gasteiger partial charge in [0, 0.05) is 21.4 Å². The standard InChI is InChI=1S/C26H31NO2S/c1-7-19-16-23-22(25(3,4)17-26(5,6)30-23)15-20(19)9-10-21-13-18(11-12-27-21)14-24(28)29-8-2/h11-13,15-16H,7-8,14,17H2,1-6H3. The molecule has 0 N–H and O–H groups in total. The molecule has 0 bridgehead atoms. The van der Waals surface area contributed by atoms with Gasteiger partial charge in [-0.05, 0) is 72.1 Å². The summed E-state index contributed by atoms with van der Waals surface area (Å²) in [6.07, 6.45) is 4.02. The fourth-order valence-corrected chi connectivity index (χ4v) is 5.97. The van der Waals surface area contributed by atoms with E-state index in [2.05, 4.69) is 63.6 Å². The van der Waals surface area contributed by atoms with Gasteiger partial charge in [0.2, 0.25) is 0 Å². The molecule has 1 aromatic heterocycles. The predicted molar refractivity (Wildman–Crippen MR) is 124 cm³/mol. The lowest BCUT2D eigenvalue weighted by molar-refractivity contribution is -0.142. The van der Waals surface area contributed by atoms with Crippen LogP contribution in [0.4, 0.5) is 0 Å². The summed E-state index contributed by atoms with van der Waals surface area (Å²) in [5, 5.41) is 0. The van der Waals surface area contributed by atoms with Crippen LogP contribution in [0.15, 0.2) is 35.4 Å². The molecule has 2 aromatic rings. The Bertz CT molecular complexity index is 1010. The summed E-state index contributed by atoms with van der Waals surface area (Å²) in [6, 6.07) is 8.32. The second kappa shape index (κ2) is 8.86. The van der Waals surface area contributed by atoms with E-state index in [0.29, 0.717) is 12.3 Å². The van der Waals surface area contributed by atoms with Crippen molar-refractivity contribution in [2.45, 2.75) is 75.9 Å². The highest BCUT2D eigenvalue weighted by Crippen LogP contribution is 2.51. The number of hydrogen-bond acceptors (Lipinski definition) is 4. The summed E-state index contributed by atoms with van der Waals surface area (Å²) in [5.41, 5.74) is 5.38. The molecule has 4 heteroatoms. The number of carbonyl (C=O) groups is 1. The van der Waals surface area contributed by atoms with Crippen molar-refractivity contribution < 1.29 is 9.53 Å². The monoisotopic (exact) mass is 421 g/mol. The SMILES string of the molecule is CCOC(=O)Cc1ccnc(C#Cc2cc3c(cc2CC)SC(C)(C)CC3(C)C)c1. The Kier molecular flexibility index (Phi) is 6.62. The van der Waals surface area contributed by atoms with Gasteiger partial charge in [-0.2, -0.15) is 0 Å². The lowest BCUT2D eigenvalue weighted by Crippen LogP contribution is -2.33. The summed E-state index contributed by atoms with van der Waals surface area (Å²) in [6.45, 7) is 13.7. The molecule has 2 heterocycles. The van der Waals surface area contributed by atoms with Gasteiger partial charge in [-0.1, -0.05) is 40.5 Å². The zero-order valence-electron chi connectivity index (χ0n) is 18.9. The second-order valence-corrected chi connectivity index (χ2v) is 10.8. The Labute approximate surface area is 185 Å². The first-order chi connectivity index (χ1) is 14.1. The topological polar surface area (TPSA) is 39.2 Å².